The molecule has 8 heteroatoms. The third-order valence-corrected chi connectivity index (χ3v) is 5.48. The molecule has 0 aromatic carbocycles. The van der Waals surface area contributed by atoms with E-state index in [0.29, 0.717) is 6.42 Å². The van der Waals surface area contributed by atoms with Gasteiger partial charge in [-0.1, -0.05) is 58.3 Å². The quantitative estimate of drug-likeness (QED) is 0.391. The molecule has 2 N–H and O–H groups in total. The van der Waals surface area contributed by atoms with Gasteiger partial charge in [0.25, 0.3) is 0 Å². The average Bonchev–Trinajstić information content (AvgIpc) is 2.35. The number of hydrogen-bond donors (Lipinski definition) is 2. The maximum Gasteiger partial charge on any atom is 0.401 e. The molecule has 0 aliphatic heterocycles. The first-order valence-electron chi connectivity index (χ1n) is 7.19. The molecular formula is C12H26O6P2. The molecule has 0 rings (SSSR count). The molecule has 0 heterocycles. The Hall–Kier alpha value is 0.01000. The zero-order chi connectivity index (χ0) is 15.4. The summed E-state index contributed by atoms with van der Waals surface area (Å²) in [5.41, 5.74) is -0.979. The lowest BCUT2D eigenvalue weighted by atomic mass is 10.1. The van der Waals surface area contributed by atoms with Gasteiger partial charge in [0.2, 0.25) is 5.52 Å². The highest BCUT2D eigenvalue weighted by Crippen LogP contribution is 2.51. The van der Waals surface area contributed by atoms with E-state index >= 15 is 0 Å². The van der Waals surface area contributed by atoms with Crippen LogP contribution in [0.15, 0.2) is 0 Å². The Morgan fingerprint density at radius 3 is 1.95 bits per heavy atom. The molecule has 0 saturated heterocycles. The lowest BCUT2D eigenvalue weighted by Gasteiger charge is -2.07. The molecule has 2 atom stereocenters. The number of carbonyl (C=O) groups excluding carboxylic acids is 1. The average molecular weight is 328 g/mol. The van der Waals surface area contributed by atoms with Gasteiger partial charge in [0.05, 0.1) is 0 Å². The largest absolute Gasteiger partial charge is 0.401 e. The normalized spacial score (nSPS) is 15.8. The fourth-order valence-corrected chi connectivity index (χ4v) is 3.58. The van der Waals surface area contributed by atoms with Crippen LogP contribution in [0.5, 0.6) is 0 Å². The van der Waals surface area contributed by atoms with Crippen LogP contribution in [0.2, 0.25) is 0 Å². The molecule has 120 valence electrons. The summed E-state index contributed by atoms with van der Waals surface area (Å²) < 4.78 is 25.5. The predicted octanol–water partition coefficient (Wildman–Crippen LogP) is 4.02. The number of carbonyl (C=O) groups is 1. The smallest absolute Gasteiger partial charge is 0.326 e. The van der Waals surface area contributed by atoms with E-state index < -0.39 is 21.4 Å². The van der Waals surface area contributed by atoms with Gasteiger partial charge < -0.3 is 9.79 Å². The highest BCUT2D eigenvalue weighted by Gasteiger charge is 2.31. The first-order valence-corrected chi connectivity index (χ1v) is 10.0. The Morgan fingerprint density at radius 1 is 1.05 bits per heavy atom. The van der Waals surface area contributed by atoms with Crippen LogP contribution >= 0.6 is 15.9 Å². The van der Waals surface area contributed by atoms with E-state index in [2.05, 4.69) is 11.2 Å². The third-order valence-electron chi connectivity index (χ3n) is 3.01. The van der Waals surface area contributed by atoms with Gasteiger partial charge in [-0.3, -0.25) is 13.9 Å². The van der Waals surface area contributed by atoms with E-state index in [1.54, 1.807) is 0 Å². The summed E-state index contributed by atoms with van der Waals surface area (Å²) in [5.74, 6) is 0. The van der Waals surface area contributed by atoms with Gasteiger partial charge in [0.15, 0.2) is 0 Å². The van der Waals surface area contributed by atoms with Crippen molar-refractivity contribution in [2.75, 3.05) is 0 Å². The maximum absolute atomic E-state index is 11.3. The van der Waals surface area contributed by atoms with Crippen molar-refractivity contribution in [2.24, 2.45) is 0 Å². The summed E-state index contributed by atoms with van der Waals surface area (Å²) in [6.07, 6.45) is 9.52. The minimum atomic E-state index is -4.57. The number of hydrogen-bond acceptors (Lipinski definition) is 4. The van der Waals surface area contributed by atoms with E-state index in [1.807, 2.05) is 0 Å². The Balaban J connectivity index is 3.57. The highest BCUT2D eigenvalue weighted by atomic mass is 31.2. The summed E-state index contributed by atoms with van der Waals surface area (Å²) in [6.45, 7) is 2.17. The zero-order valence-corrected chi connectivity index (χ0v) is 13.9. The van der Waals surface area contributed by atoms with Gasteiger partial charge in [-0.2, -0.15) is 0 Å². The number of unbranched alkanes of at least 4 members (excludes halogenated alkanes) is 8. The van der Waals surface area contributed by atoms with Crippen LogP contribution in [0.25, 0.3) is 0 Å². The standard InChI is InChI=1S/C12H26O6P2/c1-2-3-4-5-6-7-8-9-10-11-12(13)20(16,17)18-19(14)15/h19H,2-11H2,1H3,(H,14,15)(H,16,17). The van der Waals surface area contributed by atoms with Crippen molar-refractivity contribution >= 4 is 21.4 Å². The van der Waals surface area contributed by atoms with Crippen molar-refractivity contribution in [3.63, 3.8) is 0 Å². The van der Waals surface area contributed by atoms with Crippen molar-refractivity contribution < 1.29 is 28.0 Å². The molecule has 20 heavy (non-hydrogen) atoms. The second kappa shape index (κ2) is 11.6. The van der Waals surface area contributed by atoms with Crippen LogP contribution in [-0.4, -0.2) is 15.3 Å². The van der Waals surface area contributed by atoms with Crippen LogP contribution in [0.3, 0.4) is 0 Å². The van der Waals surface area contributed by atoms with E-state index in [0.717, 1.165) is 19.3 Å². The van der Waals surface area contributed by atoms with Gasteiger partial charge in [-0.05, 0) is 6.42 Å². The van der Waals surface area contributed by atoms with Gasteiger partial charge in [0.1, 0.15) is 0 Å². The molecule has 2 unspecified atom stereocenters. The second-order valence-electron chi connectivity index (χ2n) is 4.85. The lowest BCUT2D eigenvalue weighted by molar-refractivity contribution is -0.113. The minimum absolute atomic E-state index is 0.0846. The van der Waals surface area contributed by atoms with E-state index in [-0.39, 0.29) is 6.42 Å². The summed E-state index contributed by atoms with van der Waals surface area (Å²) >= 11 is 0. The molecule has 0 aliphatic rings. The molecule has 0 amide bonds. The van der Waals surface area contributed by atoms with E-state index in [1.165, 1.54) is 32.1 Å². The van der Waals surface area contributed by atoms with Gasteiger partial charge in [-0.25, -0.2) is 4.31 Å². The minimum Gasteiger partial charge on any atom is -0.326 e. The molecule has 0 aromatic heterocycles. The molecule has 0 aliphatic carbocycles. The summed E-state index contributed by atoms with van der Waals surface area (Å²) in [4.78, 5) is 28.9. The molecule has 0 bridgehead atoms. The molecule has 0 aromatic rings. The molecule has 6 nitrogen and oxygen atoms in total. The molecular weight excluding hydrogens is 302 g/mol. The molecule has 0 radical (unpaired) electrons. The van der Waals surface area contributed by atoms with Crippen molar-refractivity contribution in [1.82, 2.24) is 0 Å². The first kappa shape index (κ1) is 20.0. The Kier molecular flexibility index (Phi) is 11.7. The predicted molar refractivity (Wildman–Crippen MR) is 79.0 cm³/mol. The summed E-state index contributed by atoms with van der Waals surface area (Å²) in [6, 6.07) is 0. The van der Waals surface area contributed by atoms with Crippen LogP contribution in [0.4, 0.5) is 0 Å². The fraction of sp³-hybridized carbons (Fsp3) is 0.917. The topological polar surface area (TPSA) is 101 Å². The third kappa shape index (κ3) is 10.8. The summed E-state index contributed by atoms with van der Waals surface area (Å²) in [5, 5.41) is 0. The van der Waals surface area contributed by atoms with E-state index in [9.17, 15) is 13.9 Å². The van der Waals surface area contributed by atoms with Gasteiger partial charge in [0, 0.05) is 6.42 Å². The molecule has 0 fully saturated rings. The van der Waals surface area contributed by atoms with Crippen molar-refractivity contribution in [3.8, 4) is 0 Å². The van der Waals surface area contributed by atoms with Gasteiger partial charge >= 0.3 is 15.9 Å². The summed E-state index contributed by atoms with van der Waals surface area (Å²) in [7, 11) is -8.14. The van der Waals surface area contributed by atoms with Crippen LogP contribution < -0.4 is 0 Å². The van der Waals surface area contributed by atoms with Crippen molar-refractivity contribution in [1.29, 1.82) is 0 Å². The Morgan fingerprint density at radius 2 is 1.50 bits per heavy atom. The van der Waals surface area contributed by atoms with Gasteiger partial charge in [-0.15, -0.1) is 0 Å². The zero-order valence-electron chi connectivity index (χ0n) is 12.0. The molecule has 0 spiro atoms. The monoisotopic (exact) mass is 328 g/mol. The van der Waals surface area contributed by atoms with Crippen molar-refractivity contribution in [2.45, 2.75) is 71.1 Å². The van der Waals surface area contributed by atoms with Crippen LogP contribution in [0, 0.1) is 0 Å². The van der Waals surface area contributed by atoms with Crippen LogP contribution in [-0.2, 0) is 18.2 Å². The highest BCUT2D eigenvalue weighted by molar-refractivity contribution is 7.74. The molecule has 0 saturated carbocycles. The Labute approximate surface area is 121 Å². The first-order chi connectivity index (χ1) is 9.40. The SMILES string of the molecule is CCCCCCCCCCCC(=O)P(=O)(O)O[PH](=O)O. The van der Waals surface area contributed by atoms with E-state index in [4.69, 9.17) is 9.79 Å². The fourth-order valence-electron chi connectivity index (χ4n) is 1.88. The van der Waals surface area contributed by atoms with Crippen LogP contribution in [0.1, 0.15) is 71.1 Å². The lowest BCUT2D eigenvalue weighted by Crippen LogP contribution is -2.00. The number of rotatable bonds is 13. The van der Waals surface area contributed by atoms with Crippen molar-refractivity contribution in [3.05, 3.63) is 0 Å². The Bertz CT molecular complexity index is 345. The second-order valence-corrected chi connectivity index (χ2v) is 7.65. The maximum atomic E-state index is 11.3.